The summed E-state index contributed by atoms with van der Waals surface area (Å²) in [5.74, 6) is 1.20. The van der Waals surface area contributed by atoms with Crippen molar-refractivity contribution in [1.82, 2.24) is 15.5 Å². The maximum absolute atomic E-state index is 13.0. The molecule has 2 N–H and O–H groups in total. The minimum absolute atomic E-state index is 0.169. The predicted molar refractivity (Wildman–Crippen MR) is 100 cm³/mol. The summed E-state index contributed by atoms with van der Waals surface area (Å²) in [6.07, 6.45) is 0.169. The quantitative estimate of drug-likeness (QED) is 0.585. The Balaban J connectivity index is 1.83. The second kappa shape index (κ2) is 10.4. The molecule has 1 aromatic rings. The van der Waals surface area contributed by atoms with E-state index in [-0.39, 0.29) is 11.9 Å². The van der Waals surface area contributed by atoms with E-state index < -0.39 is 0 Å². The molecule has 1 aliphatic heterocycles. The van der Waals surface area contributed by atoms with E-state index in [1.165, 1.54) is 12.1 Å². The molecule has 1 aliphatic rings. The molecule has 1 atom stereocenters. The van der Waals surface area contributed by atoms with Gasteiger partial charge in [-0.3, -0.25) is 4.90 Å². The summed E-state index contributed by atoms with van der Waals surface area (Å²) >= 11 is 0. The smallest absolute Gasteiger partial charge is 0.191 e. The maximum Gasteiger partial charge on any atom is 0.191 e. The highest BCUT2D eigenvalue weighted by molar-refractivity contribution is 5.79. The molecule has 140 valence electrons. The van der Waals surface area contributed by atoms with Crippen LogP contribution in [0.5, 0.6) is 0 Å². The van der Waals surface area contributed by atoms with Crippen molar-refractivity contribution >= 4 is 5.96 Å². The van der Waals surface area contributed by atoms with E-state index in [4.69, 9.17) is 4.74 Å². The van der Waals surface area contributed by atoms with Gasteiger partial charge in [0, 0.05) is 32.7 Å². The lowest BCUT2D eigenvalue weighted by atomic mass is 10.2. The van der Waals surface area contributed by atoms with Gasteiger partial charge in [-0.2, -0.15) is 0 Å². The lowest BCUT2D eigenvalue weighted by Crippen LogP contribution is -2.50. The standard InChI is InChI=1S/C19H31FN4O/c1-4-21-19(22-11-16-5-7-17(20)8-6-16)23-12-18-14-24(9-10-25-18)13-15(2)3/h5-8,15,18H,4,9-14H2,1-3H3,(H2,21,22,23). The summed E-state index contributed by atoms with van der Waals surface area (Å²) in [6, 6.07) is 6.45. The number of hydrogen-bond donors (Lipinski definition) is 2. The number of ether oxygens (including phenoxy) is 1. The largest absolute Gasteiger partial charge is 0.374 e. The van der Waals surface area contributed by atoms with Crippen molar-refractivity contribution in [2.45, 2.75) is 33.4 Å². The van der Waals surface area contributed by atoms with Gasteiger partial charge in [0.15, 0.2) is 5.96 Å². The molecular weight excluding hydrogens is 319 g/mol. The van der Waals surface area contributed by atoms with E-state index in [0.29, 0.717) is 12.5 Å². The van der Waals surface area contributed by atoms with Gasteiger partial charge < -0.3 is 15.4 Å². The highest BCUT2D eigenvalue weighted by Gasteiger charge is 2.21. The SMILES string of the molecule is CCNC(=NCc1ccc(F)cc1)NCC1CN(CC(C)C)CCO1. The van der Waals surface area contributed by atoms with Crippen LogP contribution in [0, 0.1) is 11.7 Å². The molecule has 0 amide bonds. The molecule has 0 radical (unpaired) electrons. The lowest BCUT2D eigenvalue weighted by molar-refractivity contribution is -0.0284. The number of nitrogens with one attached hydrogen (secondary N) is 2. The van der Waals surface area contributed by atoms with Crippen LogP contribution >= 0.6 is 0 Å². The maximum atomic E-state index is 13.0. The van der Waals surface area contributed by atoms with Gasteiger partial charge >= 0.3 is 0 Å². The van der Waals surface area contributed by atoms with Crippen LogP contribution < -0.4 is 10.6 Å². The van der Waals surface area contributed by atoms with Gasteiger partial charge in [-0.05, 0) is 30.5 Å². The zero-order valence-electron chi connectivity index (χ0n) is 15.6. The van der Waals surface area contributed by atoms with E-state index >= 15 is 0 Å². The molecule has 0 saturated carbocycles. The first-order valence-corrected chi connectivity index (χ1v) is 9.17. The summed E-state index contributed by atoms with van der Waals surface area (Å²) in [6.45, 7) is 12.4. The molecule has 0 spiro atoms. The van der Waals surface area contributed by atoms with Crippen LogP contribution in [-0.4, -0.2) is 56.3 Å². The first-order valence-electron chi connectivity index (χ1n) is 9.17. The molecule has 1 saturated heterocycles. The van der Waals surface area contributed by atoms with Gasteiger partial charge in [0.1, 0.15) is 5.82 Å². The normalized spacial score (nSPS) is 19.2. The fraction of sp³-hybridized carbons (Fsp3) is 0.632. The second-order valence-corrected chi connectivity index (χ2v) is 6.85. The molecule has 1 aromatic carbocycles. The average Bonchev–Trinajstić information content (AvgIpc) is 2.58. The Morgan fingerprint density at radius 3 is 2.76 bits per heavy atom. The molecule has 0 aliphatic carbocycles. The topological polar surface area (TPSA) is 48.9 Å². The molecule has 1 heterocycles. The summed E-state index contributed by atoms with van der Waals surface area (Å²) in [5, 5.41) is 6.60. The first-order chi connectivity index (χ1) is 12.1. The van der Waals surface area contributed by atoms with Crippen LogP contribution in [0.25, 0.3) is 0 Å². The monoisotopic (exact) mass is 350 g/mol. The van der Waals surface area contributed by atoms with Crippen molar-refractivity contribution in [3.63, 3.8) is 0 Å². The van der Waals surface area contributed by atoms with Crippen molar-refractivity contribution in [2.24, 2.45) is 10.9 Å². The third-order valence-corrected chi connectivity index (χ3v) is 4.02. The van der Waals surface area contributed by atoms with Crippen LogP contribution in [-0.2, 0) is 11.3 Å². The number of nitrogens with zero attached hydrogens (tertiary/aromatic N) is 2. The molecule has 6 heteroatoms. The minimum atomic E-state index is -0.224. The zero-order chi connectivity index (χ0) is 18.1. The van der Waals surface area contributed by atoms with Gasteiger partial charge in [0.25, 0.3) is 0 Å². The molecule has 1 fully saturated rings. The summed E-state index contributed by atoms with van der Waals surface area (Å²) < 4.78 is 18.8. The van der Waals surface area contributed by atoms with Crippen LogP contribution in [0.1, 0.15) is 26.3 Å². The van der Waals surface area contributed by atoms with Crippen molar-refractivity contribution in [3.05, 3.63) is 35.6 Å². The van der Waals surface area contributed by atoms with Crippen molar-refractivity contribution in [3.8, 4) is 0 Å². The average molecular weight is 350 g/mol. The van der Waals surface area contributed by atoms with E-state index in [0.717, 1.165) is 50.9 Å². The number of rotatable bonds is 7. The van der Waals surface area contributed by atoms with E-state index in [1.807, 2.05) is 6.92 Å². The fourth-order valence-electron chi connectivity index (χ4n) is 2.90. The Hall–Kier alpha value is -1.66. The summed E-state index contributed by atoms with van der Waals surface area (Å²) in [5.41, 5.74) is 0.982. The lowest BCUT2D eigenvalue weighted by Gasteiger charge is -2.34. The number of hydrogen-bond acceptors (Lipinski definition) is 3. The molecule has 1 unspecified atom stereocenters. The molecule has 0 bridgehead atoms. The number of guanidine groups is 1. The van der Waals surface area contributed by atoms with E-state index in [1.54, 1.807) is 12.1 Å². The van der Waals surface area contributed by atoms with Gasteiger partial charge in [-0.25, -0.2) is 9.38 Å². The van der Waals surface area contributed by atoms with Crippen molar-refractivity contribution in [2.75, 3.05) is 39.3 Å². The van der Waals surface area contributed by atoms with E-state index in [9.17, 15) is 4.39 Å². The Morgan fingerprint density at radius 2 is 2.08 bits per heavy atom. The van der Waals surface area contributed by atoms with Crippen molar-refractivity contribution < 1.29 is 9.13 Å². The van der Waals surface area contributed by atoms with Gasteiger partial charge in [0.2, 0.25) is 0 Å². The minimum Gasteiger partial charge on any atom is -0.374 e. The third kappa shape index (κ3) is 7.40. The second-order valence-electron chi connectivity index (χ2n) is 6.85. The Bertz CT molecular complexity index is 533. The van der Waals surface area contributed by atoms with Gasteiger partial charge in [0.05, 0.1) is 19.3 Å². The number of morpholine rings is 1. The Morgan fingerprint density at radius 1 is 1.32 bits per heavy atom. The highest BCUT2D eigenvalue weighted by Crippen LogP contribution is 2.07. The summed E-state index contributed by atoms with van der Waals surface area (Å²) in [4.78, 5) is 7.03. The van der Waals surface area contributed by atoms with Gasteiger partial charge in [-0.1, -0.05) is 26.0 Å². The summed E-state index contributed by atoms with van der Waals surface area (Å²) in [7, 11) is 0. The van der Waals surface area contributed by atoms with Crippen molar-refractivity contribution in [1.29, 1.82) is 0 Å². The van der Waals surface area contributed by atoms with Crippen LogP contribution in [0.15, 0.2) is 29.3 Å². The fourth-order valence-corrected chi connectivity index (χ4v) is 2.90. The number of halogens is 1. The van der Waals surface area contributed by atoms with Crippen LogP contribution in [0.3, 0.4) is 0 Å². The number of aliphatic imine (C=N–C) groups is 1. The molecule has 0 aromatic heterocycles. The highest BCUT2D eigenvalue weighted by atomic mass is 19.1. The Kier molecular flexibility index (Phi) is 8.15. The number of benzene rings is 1. The predicted octanol–water partition coefficient (Wildman–Crippen LogP) is 2.24. The molecule has 25 heavy (non-hydrogen) atoms. The third-order valence-electron chi connectivity index (χ3n) is 4.02. The Labute approximate surface area is 150 Å². The molecule has 2 rings (SSSR count). The van der Waals surface area contributed by atoms with Crippen LogP contribution in [0.4, 0.5) is 4.39 Å². The van der Waals surface area contributed by atoms with E-state index in [2.05, 4.69) is 34.4 Å². The molecular formula is C19H31FN4O. The molecule has 5 nitrogen and oxygen atoms in total. The zero-order valence-corrected chi connectivity index (χ0v) is 15.6. The van der Waals surface area contributed by atoms with Crippen LogP contribution in [0.2, 0.25) is 0 Å². The first kappa shape index (κ1) is 19.7. The van der Waals surface area contributed by atoms with Gasteiger partial charge in [-0.15, -0.1) is 0 Å².